The smallest absolute Gasteiger partial charge is 0.276 e. The second-order valence-electron chi connectivity index (χ2n) is 7.63. The van der Waals surface area contributed by atoms with Crippen molar-refractivity contribution in [1.29, 1.82) is 0 Å². The van der Waals surface area contributed by atoms with Crippen LogP contribution in [0.15, 0.2) is 54.6 Å². The molecular formula is C22H29N3O4S. The van der Waals surface area contributed by atoms with Crippen molar-refractivity contribution in [3.63, 3.8) is 0 Å². The van der Waals surface area contributed by atoms with E-state index in [9.17, 15) is 13.2 Å². The van der Waals surface area contributed by atoms with Gasteiger partial charge in [0, 0.05) is 25.0 Å². The Morgan fingerprint density at radius 1 is 1.07 bits per heavy atom. The molecule has 30 heavy (non-hydrogen) atoms. The molecule has 0 radical (unpaired) electrons. The highest BCUT2D eigenvalue weighted by Crippen LogP contribution is 2.39. The highest BCUT2D eigenvalue weighted by atomic mass is 32.2. The molecule has 0 aromatic heterocycles. The molecular weight excluding hydrogens is 402 g/mol. The van der Waals surface area contributed by atoms with E-state index in [1.165, 1.54) is 7.05 Å². The Balaban J connectivity index is 1.75. The minimum absolute atomic E-state index is 0.121. The van der Waals surface area contributed by atoms with Gasteiger partial charge in [0.2, 0.25) is 0 Å². The van der Waals surface area contributed by atoms with Crippen LogP contribution in [0.5, 0.6) is 5.75 Å². The molecule has 1 saturated carbocycles. The molecule has 2 aromatic carbocycles. The number of ether oxygens (including phenoxy) is 1. The molecule has 0 atom stereocenters. The molecule has 0 bridgehead atoms. The van der Waals surface area contributed by atoms with Crippen molar-refractivity contribution in [1.82, 2.24) is 14.8 Å². The average Bonchev–Trinajstić information content (AvgIpc) is 2.79. The van der Waals surface area contributed by atoms with Crippen LogP contribution in [-0.4, -0.2) is 41.1 Å². The Morgan fingerprint density at radius 3 is 2.33 bits per heavy atom. The predicted molar refractivity (Wildman–Crippen MR) is 117 cm³/mol. The van der Waals surface area contributed by atoms with E-state index in [1.54, 1.807) is 19.2 Å². The van der Waals surface area contributed by atoms with Crippen molar-refractivity contribution in [2.45, 2.75) is 37.1 Å². The molecule has 1 aliphatic rings. The maximum Gasteiger partial charge on any atom is 0.276 e. The van der Waals surface area contributed by atoms with Crippen LogP contribution in [-0.2, 0) is 15.6 Å². The molecule has 3 N–H and O–H groups in total. The van der Waals surface area contributed by atoms with Gasteiger partial charge in [-0.3, -0.25) is 4.79 Å². The standard InChI is InChI=1S/C22H29N3O4S/c1-23-30(27,28)25-18-12-14-22(15-13-18,17-8-4-3-5-9-17)16-24-21(26)19-10-6-7-11-20(19)29-2/h3-11,18,23,25H,12-16H2,1-2H3,(H,24,26)/t18-,22-. The van der Waals surface area contributed by atoms with E-state index in [2.05, 4.69) is 26.9 Å². The number of para-hydroxylation sites is 1. The summed E-state index contributed by atoms with van der Waals surface area (Å²) >= 11 is 0. The average molecular weight is 432 g/mol. The number of nitrogens with one attached hydrogen (secondary N) is 3. The second-order valence-corrected chi connectivity index (χ2v) is 9.28. The van der Waals surface area contributed by atoms with E-state index in [1.807, 2.05) is 30.3 Å². The van der Waals surface area contributed by atoms with Gasteiger partial charge in [0.05, 0.1) is 12.7 Å². The molecule has 0 unspecified atom stereocenters. The minimum atomic E-state index is -3.47. The first-order chi connectivity index (χ1) is 14.4. The lowest BCUT2D eigenvalue weighted by atomic mass is 9.68. The molecule has 3 rings (SSSR count). The summed E-state index contributed by atoms with van der Waals surface area (Å²) in [6.07, 6.45) is 2.92. The molecule has 7 nitrogen and oxygen atoms in total. The van der Waals surface area contributed by atoms with E-state index in [0.29, 0.717) is 30.7 Å². The Kier molecular flexibility index (Phi) is 7.12. The SMILES string of the molecule is CNS(=O)(=O)N[C@H]1CC[C@](CNC(=O)c2ccccc2OC)(c2ccccc2)CC1. The van der Waals surface area contributed by atoms with Crippen LogP contribution in [0.4, 0.5) is 0 Å². The summed E-state index contributed by atoms with van der Waals surface area (Å²) in [4.78, 5) is 12.8. The Bertz CT molecular complexity index is 955. The van der Waals surface area contributed by atoms with E-state index in [-0.39, 0.29) is 17.4 Å². The summed E-state index contributed by atoms with van der Waals surface area (Å²) < 4.78 is 34.0. The fraction of sp³-hybridized carbons (Fsp3) is 0.409. The number of amides is 1. The van der Waals surface area contributed by atoms with Crippen LogP contribution in [0, 0.1) is 0 Å². The summed E-state index contributed by atoms with van der Waals surface area (Å²) in [5, 5.41) is 3.09. The van der Waals surface area contributed by atoms with Crippen LogP contribution < -0.4 is 19.5 Å². The lowest BCUT2D eigenvalue weighted by Gasteiger charge is -2.41. The van der Waals surface area contributed by atoms with Crippen LogP contribution in [0.2, 0.25) is 0 Å². The lowest BCUT2D eigenvalue weighted by Crippen LogP contribution is -2.49. The normalized spacial score (nSPS) is 21.7. The number of hydrogen-bond acceptors (Lipinski definition) is 4. The zero-order chi connectivity index (χ0) is 21.6. The molecule has 1 fully saturated rings. The van der Waals surface area contributed by atoms with E-state index in [4.69, 9.17) is 4.74 Å². The van der Waals surface area contributed by atoms with Crippen molar-refractivity contribution in [2.24, 2.45) is 0 Å². The molecule has 0 saturated heterocycles. The number of carbonyl (C=O) groups is 1. The predicted octanol–water partition coefficient (Wildman–Crippen LogP) is 2.36. The molecule has 0 aliphatic heterocycles. The highest BCUT2D eigenvalue weighted by Gasteiger charge is 2.38. The van der Waals surface area contributed by atoms with Crippen LogP contribution in [0.25, 0.3) is 0 Å². The summed E-state index contributed by atoms with van der Waals surface area (Å²) in [5.74, 6) is 0.356. The minimum Gasteiger partial charge on any atom is -0.496 e. The van der Waals surface area contributed by atoms with Gasteiger partial charge in [-0.1, -0.05) is 42.5 Å². The first-order valence-corrected chi connectivity index (χ1v) is 11.5. The molecule has 2 aromatic rings. The zero-order valence-corrected chi connectivity index (χ0v) is 18.2. The van der Waals surface area contributed by atoms with Crippen molar-refractivity contribution >= 4 is 16.1 Å². The number of methoxy groups -OCH3 is 1. The molecule has 1 aliphatic carbocycles. The highest BCUT2D eigenvalue weighted by molar-refractivity contribution is 7.87. The maximum atomic E-state index is 12.8. The largest absolute Gasteiger partial charge is 0.496 e. The number of benzene rings is 2. The topological polar surface area (TPSA) is 96.5 Å². The lowest BCUT2D eigenvalue weighted by molar-refractivity contribution is 0.0932. The summed E-state index contributed by atoms with van der Waals surface area (Å²) in [7, 11) is -0.532. The van der Waals surface area contributed by atoms with Gasteiger partial charge in [-0.05, 0) is 43.4 Å². The quantitative estimate of drug-likeness (QED) is 0.598. The van der Waals surface area contributed by atoms with E-state index >= 15 is 0 Å². The van der Waals surface area contributed by atoms with Crippen molar-refractivity contribution in [2.75, 3.05) is 20.7 Å². The van der Waals surface area contributed by atoms with Gasteiger partial charge in [-0.15, -0.1) is 0 Å². The molecule has 162 valence electrons. The monoisotopic (exact) mass is 431 g/mol. The summed E-state index contributed by atoms with van der Waals surface area (Å²) in [5.41, 5.74) is 1.40. The zero-order valence-electron chi connectivity index (χ0n) is 17.4. The van der Waals surface area contributed by atoms with E-state index < -0.39 is 10.2 Å². The van der Waals surface area contributed by atoms with Crippen LogP contribution in [0.1, 0.15) is 41.6 Å². The van der Waals surface area contributed by atoms with E-state index in [0.717, 1.165) is 18.4 Å². The molecule has 0 spiro atoms. The fourth-order valence-electron chi connectivity index (χ4n) is 4.10. The Labute approximate surface area is 178 Å². The molecule has 8 heteroatoms. The Hall–Kier alpha value is -2.42. The van der Waals surface area contributed by atoms with Gasteiger partial charge in [0.25, 0.3) is 16.1 Å². The van der Waals surface area contributed by atoms with Gasteiger partial charge >= 0.3 is 0 Å². The Morgan fingerprint density at radius 2 is 1.70 bits per heavy atom. The first kappa shape index (κ1) is 22.3. The van der Waals surface area contributed by atoms with Gasteiger partial charge in [0.1, 0.15) is 5.75 Å². The molecule has 1 amide bonds. The number of carbonyl (C=O) groups excluding carboxylic acids is 1. The third-order valence-electron chi connectivity index (χ3n) is 5.86. The molecule has 0 heterocycles. The first-order valence-electron chi connectivity index (χ1n) is 10.1. The van der Waals surface area contributed by atoms with Crippen molar-refractivity contribution < 1.29 is 17.9 Å². The number of rotatable bonds is 8. The van der Waals surface area contributed by atoms with Gasteiger partial charge in [0.15, 0.2) is 0 Å². The summed E-state index contributed by atoms with van der Waals surface area (Å²) in [6.45, 7) is 0.472. The van der Waals surface area contributed by atoms with Crippen molar-refractivity contribution in [3.05, 3.63) is 65.7 Å². The third kappa shape index (κ3) is 5.19. The van der Waals surface area contributed by atoms with Gasteiger partial charge < -0.3 is 10.1 Å². The number of hydrogen-bond donors (Lipinski definition) is 3. The van der Waals surface area contributed by atoms with Crippen LogP contribution >= 0.6 is 0 Å². The van der Waals surface area contributed by atoms with Gasteiger partial charge in [-0.2, -0.15) is 13.1 Å². The maximum absolute atomic E-state index is 12.8. The third-order valence-corrected chi connectivity index (χ3v) is 7.04. The summed E-state index contributed by atoms with van der Waals surface area (Å²) in [6, 6.07) is 17.1. The van der Waals surface area contributed by atoms with Crippen LogP contribution in [0.3, 0.4) is 0 Å². The van der Waals surface area contributed by atoms with Gasteiger partial charge in [-0.25, -0.2) is 4.72 Å². The fourth-order valence-corrected chi connectivity index (χ4v) is 4.90. The van der Waals surface area contributed by atoms with Crippen molar-refractivity contribution in [3.8, 4) is 5.75 Å². The second kappa shape index (κ2) is 9.59.